The van der Waals surface area contributed by atoms with Gasteiger partial charge in [-0.3, -0.25) is 0 Å². The summed E-state index contributed by atoms with van der Waals surface area (Å²) < 4.78 is 26.2. The van der Waals surface area contributed by atoms with Gasteiger partial charge in [-0.25, -0.2) is 0 Å². The molecule has 0 spiro atoms. The highest BCUT2D eigenvalue weighted by Crippen LogP contribution is 2.29. The number of hydrogen-bond donors (Lipinski definition) is 0. The van der Waals surface area contributed by atoms with E-state index in [-0.39, 0.29) is 0 Å². The van der Waals surface area contributed by atoms with Crippen molar-refractivity contribution in [3.05, 3.63) is 0 Å². The summed E-state index contributed by atoms with van der Waals surface area (Å²) in [5.41, 5.74) is 0. The molecule has 0 bridgehead atoms. The molecule has 146 valence electrons. The van der Waals surface area contributed by atoms with E-state index in [9.17, 15) is 0 Å². The molecule has 0 heterocycles. The Morgan fingerprint density at radius 2 is 0.875 bits per heavy atom. The van der Waals surface area contributed by atoms with Gasteiger partial charge in [-0.05, 0) is 78.1 Å². The van der Waals surface area contributed by atoms with Gasteiger partial charge in [0.05, 0.1) is 0 Å². The first-order valence-corrected chi connectivity index (χ1v) is 24.2. The summed E-state index contributed by atoms with van der Waals surface area (Å²) in [7, 11) is -10.00. The summed E-state index contributed by atoms with van der Waals surface area (Å²) in [6, 6.07) is 1.01. The molecule has 0 rings (SSSR count). The molecule has 0 aromatic rings. The van der Waals surface area contributed by atoms with Gasteiger partial charge in [-0.2, -0.15) is 0 Å². The lowest BCUT2D eigenvalue weighted by Crippen LogP contribution is -2.59. The minimum absolute atomic E-state index is 1.01. The molecule has 0 aromatic heterocycles. The topological polar surface area (TPSA) is 36.9 Å². The van der Waals surface area contributed by atoms with Gasteiger partial charge in [0, 0.05) is 0 Å². The van der Waals surface area contributed by atoms with Crippen molar-refractivity contribution < 1.29 is 16.5 Å². The number of hydrogen-bond acceptors (Lipinski definition) is 4. The highest BCUT2D eigenvalue weighted by Gasteiger charge is 2.46. The Balaban J connectivity index is 5.26. The first-order valence-electron chi connectivity index (χ1n) is 9.19. The van der Waals surface area contributed by atoms with Crippen LogP contribution in [0.4, 0.5) is 0 Å². The summed E-state index contributed by atoms with van der Waals surface area (Å²) in [5.74, 6) is 0. The molecule has 0 aliphatic carbocycles. The maximum absolute atomic E-state index is 6.69. The van der Waals surface area contributed by atoms with Crippen LogP contribution in [0.1, 0.15) is 19.8 Å². The van der Waals surface area contributed by atoms with Crippen LogP contribution in [0.2, 0.25) is 78.1 Å². The fourth-order valence-corrected chi connectivity index (χ4v) is 26.7. The standard InChI is InChI=1S/C15H42O4Si5/c1-13-14-15-24(12,18-22(8,9)16-20(2,3)4)19-23(10,11)17-21(5,6)7/h13-15H2,1-12H3. The van der Waals surface area contributed by atoms with Crippen LogP contribution < -0.4 is 0 Å². The normalized spacial score (nSPS) is 15.0. The zero-order chi connectivity index (χ0) is 19.4. The van der Waals surface area contributed by atoms with E-state index in [4.69, 9.17) is 16.5 Å². The van der Waals surface area contributed by atoms with Gasteiger partial charge in [0.15, 0.2) is 16.6 Å². The van der Waals surface area contributed by atoms with Gasteiger partial charge in [-0.1, -0.05) is 19.8 Å². The SMILES string of the molecule is CCCC[Si](C)(O[Si](C)(C)O[Si](C)(C)C)O[Si](C)(C)O[Si](C)(C)C. The second kappa shape index (κ2) is 8.74. The molecule has 9 heteroatoms. The predicted octanol–water partition coefficient (Wildman–Crippen LogP) is 6.00. The van der Waals surface area contributed by atoms with Crippen molar-refractivity contribution in [2.75, 3.05) is 0 Å². The van der Waals surface area contributed by atoms with Gasteiger partial charge in [-0.15, -0.1) is 0 Å². The minimum Gasteiger partial charge on any atom is -0.437 e. The summed E-state index contributed by atoms with van der Waals surface area (Å²) in [5, 5.41) is 0. The average Bonchev–Trinajstić information content (AvgIpc) is 2.16. The van der Waals surface area contributed by atoms with E-state index in [1.54, 1.807) is 0 Å². The maximum Gasteiger partial charge on any atom is 0.317 e. The van der Waals surface area contributed by atoms with Crippen LogP contribution in [0, 0.1) is 0 Å². The fourth-order valence-electron chi connectivity index (χ4n) is 3.18. The fraction of sp³-hybridized carbons (Fsp3) is 1.00. The predicted molar refractivity (Wildman–Crippen MR) is 117 cm³/mol. The lowest BCUT2D eigenvalue weighted by Gasteiger charge is -2.43. The average molecular weight is 427 g/mol. The molecular weight excluding hydrogens is 385 g/mol. The van der Waals surface area contributed by atoms with E-state index >= 15 is 0 Å². The van der Waals surface area contributed by atoms with Gasteiger partial charge < -0.3 is 16.5 Å². The van der Waals surface area contributed by atoms with E-state index in [0.29, 0.717) is 0 Å². The molecule has 0 atom stereocenters. The maximum atomic E-state index is 6.69. The quantitative estimate of drug-likeness (QED) is 0.380. The second-order valence-corrected chi connectivity index (χ2v) is 29.8. The van der Waals surface area contributed by atoms with Crippen molar-refractivity contribution in [1.29, 1.82) is 0 Å². The van der Waals surface area contributed by atoms with Gasteiger partial charge in [0.2, 0.25) is 0 Å². The zero-order valence-electron chi connectivity index (χ0n) is 18.3. The van der Waals surface area contributed by atoms with Crippen LogP contribution in [0.3, 0.4) is 0 Å². The Morgan fingerprint density at radius 1 is 0.542 bits per heavy atom. The van der Waals surface area contributed by atoms with Gasteiger partial charge in [0.25, 0.3) is 0 Å². The molecule has 24 heavy (non-hydrogen) atoms. The Kier molecular flexibility index (Phi) is 9.08. The van der Waals surface area contributed by atoms with E-state index in [0.717, 1.165) is 18.9 Å². The largest absolute Gasteiger partial charge is 0.437 e. The lowest BCUT2D eigenvalue weighted by atomic mass is 10.4. The monoisotopic (exact) mass is 426 g/mol. The molecule has 0 saturated carbocycles. The first kappa shape index (κ1) is 24.9. The first-order chi connectivity index (χ1) is 10.4. The van der Waals surface area contributed by atoms with Crippen molar-refractivity contribution in [2.24, 2.45) is 0 Å². The molecule has 0 aliphatic rings. The van der Waals surface area contributed by atoms with Crippen molar-refractivity contribution in [1.82, 2.24) is 0 Å². The van der Waals surface area contributed by atoms with Crippen molar-refractivity contribution in [3.63, 3.8) is 0 Å². The summed E-state index contributed by atoms with van der Waals surface area (Å²) in [6.07, 6.45) is 2.29. The van der Waals surface area contributed by atoms with E-state index in [1.165, 1.54) is 0 Å². The molecule has 4 nitrogen and oxygen atoms in total. The number of rotatable bonds is 11. The molecule has 0 radical (unpaired) electrons. The third kappa shape index (κ3) is 12.3. The molecule has 0 N–H and O–H groups in total. The van der Waals surface area contributed by atoms with Crippen LogP contribution in [0.25, 0.3) is 0 Å². The summed E-state index contributed by atoms with van der Waals surface area (Å²) in [4.78, 5) is 0. The zero-order valence-corrected chi connectivity index (χ0v) is 23.3. The Morgan fingerprint density at radius 3 is 1.12 bits per heavy atom. The third-order valence-electron chi connectivity index (χ3n) is 3.01. The molecular formula is C15H42O4Si5. The third-order valence-corrected chi connectivity index (χ3v) is 20.5. The minimum atomic E-state index is -2.32. The van der Waals surface area contributed by atoms with E-state index in [1.807, 2.05) is 0 Å². The van der Waals surface area contributed by atoms with E-state index in [2.05, 4.69) is 78.9 Å². The molecule has 0 unspecified atom stereocenters. The van der Waals surface area contributed by atoms with Crippen LogP contribution >= 0.6 is 0 Å². The van der Waals surface area contributed by atoms with E-state index < -0.39 is 42.3 Å². The lowest BCUT2D eigenvalue weighted by molar-refractivity contribution is 0.292. The highest BCUT2D eigenvalue weighted by atomic mass is 28.5. The van der Waals surface area contributed by atoms with Crippen molar-refractivity contribution in [2.45, 2.75) is 97.8 Å². The van der Waals surface area contributed by atoms with Crippen molar-refractivity contribution in [3.8, 4) is 0 Å². The Bertz CT molecular complexity index is 358. The smallest absolute Gasteiger partial charge is 0.317 e. The molecule has 0 saturated heterocycles. The molecule has 0 amide bonds. The van der Waals surface area contributed by atoms with Gasteiger partial charge in [0.1, 0.15) is 0 Å². The van der Waals surface area contributed by atoms with Crippen LogP contribution in [0.5, 0.6) is 0 Å². The molecule has 0 aromatic carbocycles. The summed E-state index contributed by atoms with van der Waals surface area (Å²) >= 11 is 0. The number of unbranched alkanes of at least 4 members (excludes halogenated alkanes) is 1. The van der Waals surface area contributed by atoms with Crippen molar-refractivity contribution >= 4 is 42.3 Å². The molecule has 0 fully saturated rings. The highest BCUT2D eigenvalue weighted by molar-refractivity contribution is 6.90. The van der Waals surface area contributed by atoms with Crippen LogP contribution in [0.15, 0.2) is 0 Å². The molecule has 0 aliphatic heterocycles. The Hall–Kier alpha value is 0.924. The van der Waals surface area contributed by atoms with Crippen LogP contribution in [-0.4, -0.2) is 42.3 Å². The van der Waals surface area contributed by atoms with Crippen LogP contribution in [-0.2, 0) is 16.5 Å². The second-order valence-electron chi connectivity index (χ2n) is 9.67. The van der Waals surface area contributed by atoms with Gasteiger partial charge >= 0.3 is 25.7 Å². The Labute approximate surface area is 156 Å². The summed E-state index contributed by atoms with van der Waals surface area (Å²) in [6.45, 7) is 26.5.